The molecular weight excluding hydrogens is 200 g/mol. The predicted molar refractivity (Wildman–Crippen MR) is 69.4 cm³/mol. The average Bonchev–Trinajstić information content (AvgIpc) is 2.27. The van der Waals surface area contributed by atoms with Crippen LogP contribution in [0.1, 0.15) is 65.2 Å². The molecule has 0 bridgehead atoms. The second-order valence-corrected chi connectivity index (χ2v) is 4.51. The van der Waals surface area contributed by atoms with Crippen LogP contribution in [0.5, 0.6) is 0 Å². The van der Waals surface area contributed by atoms with Gasteiger partial charge in [0, 0.05) is 0 Å². The first-order valence-electron chi connectivity index (χ1n) is 6.75. The Labute approximate surface area is 100 Å². The molecule has 0 aliphatic carbocycles. The first kappa shape index (κ1) is 15.7. The van der Waals surface area contributed by atoms with Gasteiger partial charge in [-0.15, -0.1) is 0 Å². The maximum Gasteiger partial charge on any atom is 0.0721 e. The third-order valence-electron chi connectivity index (χ3n) is 2.76. The van der Waals surface area contributed by atoms with Gasteiger partial charge in [-0.05, 0) is 12.8 Å². The molecule has 0 rings (SSSR count). The van der Waals surface area contributed by atoms with Crippen LogP contribution in [0.15, 0.2) is 12.2 Å². The van der Waals surface area contributed by atoms with E-state index in [0.717, 1.165) is 25.7 Å². The van der Waals surface area contributed by atoms with Crippen LogP contribution in [0, 0.1) is 0 Å². The number of rotatable bonds is 10. The first-order valence-corrected chi connectivity index (χ1v) is 6.75. The van der Waals surface area contributed by atoms with Crippen molar-refractivity contribution in [2.75, 3.05) is 0 Å². The van der Waals surface area contributed by atoms with Crippen molar-refractivity contribution in [1.29, 1.82) is 0 Å². The fourth-order valence-corrected chi connectivity index (χ4v) is 1.66. The highest BCUT2D eigenvalue weighted by atomic mass is 16.3. The Morgan fingerprint density at radius 3 is 1.44 bits per heavy atom. The van der Waals surface area contributed by atoms with Gasteiger partial charge in [0.25, 0.3) is 0 Å². The molecule has 0 saturated carbocycles. The van der Waals surface area contributed by atoms with Crippen LogP contribution in [0.25, 0.3) is 0 Å². The Bertz CT molecular complexity index is 148. The summed E-state index contributed by atoms with van der Waals surface area (Å²) in [7, 11) is 0. The molecule has 16 heavy (non-hydrogen) atoms. The lowest BCUT2D eigenvalue weighted by Gasteiger charge is -2.07. The molecule has 96 valence electrons. The molecule has 0 aromatic rings. The summed E-state index contributed by atoms with van der Waals surface area (Å²) in [6.45, 7) is 4.30. The molecule has 2 atom stereocenters. The normalized spacial score (nSPS) is 15.5. The third kappa shape index (κ3) is 10.2. The van der Waals surface area contributed by atoms with Crippen molar-refractivity contribution in [2.45, 2.75) is 77.4 Å². The van der Waals surface area contributed by atoms with Gasteiger partial charge in [0.15, 0.2) is 0 Å². The summed E-state index contributed by atoms with van der Waals surface area (Å²) in [4.78, 5) is 0. The van der Waals surface area contributed by atoms with Crippen LogP contribution < -0.4 is 0 Å². The van der Waals surface area contributed by atoms with Crippen molar-refractivity contribution < 1.29 is 10.2 Å². The van der Waals surface area contributed by atoms with Gasteiger partial charge >= 0.3 is 0 Å². The highest BCUT2D eigenvalue weighted by Gasteiger charge is 2.01. The lowest BCUT2D eigenvalue weighted by Crippen LogP contribution is -2.06. The first-order chi connectivity index (χ1) is 7.70. The molecule has 0 aliphatic rings. The van der Waals surface area contributed by atoms with Gasteiger partial charge in [-0.25, -0.2) is 0 Å². The zero-order valence-corrected chi connectivity index (χ0v) is 10.9. The van der Waals surface area contributed by atoms with E-state index in [4.69, 9.17) is 0 Å². The lowest BCUT2D eigenvalue weighted by molar-refractivity contribution is 0.192. The van der Waals surface area contributed by atoms with E-state index < -0.39 is 0 Å². The molecule has 2 heteroatoms. The van der Waals surface area contributed by atoms with Crippen LogP contribution in [-0.4, -0.2) is 22.4 Å². The average molecular weight is 228 g/mol. The van der Waals surface area contributed by atoms with Crippen LogP contribution in [0.4, 0.5) is 0 Å². The van der Waals surface area contributed by atoms with E-state index in [1.54, 1.807) is 12.2 Å². The van der Waals surface area contributed by atoms with E-state index in [0.29, 0.717) is 0 Å². The number of aliphatic hydroxyl groups excluding tert-OH is 2. The Balaban J connectivity index is 3.54. The predicted octanol–water partition coefficient (Wildman–Crippen LogP) is 3.43. The molecule has 0 aliphatic heterocycles. The van der Waals surface area contributed by atoms with Crippen molar-refractivity contribution in [1.82, 2.24) is 0 Å². The molecule has 0 aromatic carbocycles. The van der Waals surface area contributed by atoms with Crippen molar-refractivity contribution >= 4 is 0 Å². The van der Waals surface area contributed by atoms with E-state index in [9.17, 15) is 10.2 Å². The summed E-state index contributed by atoms with van der Waals surface area (Å²) >= 11 is 0. The molecule has 0 spiro atoms. The highest BCUT2D eigenvalue weighted by molar-refractivity contribution is 4.93. The Kier molecular flexibility index (Phi) is 10.9. The lowest BCUT2D eigenvalue weighted by atomic mass is 10.1. The third-order valence-corrected chi connectivity index (χ3v) is 2.76. The van der Waals surface area contributed by atoms with Gasteiger partial charge in [-0.3, -0.25) is 0 Å². The standard InChI is InChI=1S/C14H28O2/c1-3-5-7-9-13(15)11-12-14(16)10-8-6-4-2/h11-16H,3-10H2,1-2H3/b12-11+/t13-,14-/m1/s1. The van der Waals surface area contributed by atoms with E-state index in [2.05, 4.69) is 13.8 Å². The fraction of sp³-hybridized carbons (Fsp3) is 0.857. The quantitative estimate of drug-likeness (QED) is 0.444. The Hall–Kier alpha value is -0.340. The van der Waals surface area contributed by atoms with Gasteiger partial charge in [-0.1, -0.05) is 64.5 Å². The molecule has 0 saturated heterocycles. The van der Waals surface area contributed by atoms with E-state index >= 15 is 0 Å². The number of aliphatic hydroxyl groups is 2. The van der Waals surface area contributed by atoms with Gasteiger partial charge in [0.1, 0.15) is 0 Å². The summed E-state index contributed by atoms with van der Waals surface area (Å²) in [6, 6.07) is 0. The summed E-state index contributed by atoms with van der Waals surface area (Å²) in [6.07, 6.45) is 11.2. The SMILES string of the molecule is CCCCC[C@@H](O)/C=C/[C@H](O)CCCCC. The number of unbranched alkanes of at least 4 members (excludes halogenated alkanes) is 4. The van der Waals surface area contributed by atoms with Crippen molar-refractivity contribution in [2.24, 2.45) is 0 Å². The maximum atomic E-state index is 9.60. The van der Waals surface area contributed by atoms with Crippen LogP contribution >= 0.6 is 0 Å². The second kappa shape index (κ2) is 11.2. The minimum Gasteiger partial charge on any atom is -0.389 e. The van der Waals surface area contributed by atoms with E-state index in [1.165, 1.54) is 25.7 Å². The molecule has 2 nitrogen and oxygen atoms in total. The minimum absolute atomic E-state index is 0.382. The molecular formula is C14H28O2. The summed E-state index contributed by atoms with van der Waals surface area (Å²) in [5, 5.41) is 19.2. The van der Waals surface area contributed by atoms with Crippen molar-refractivity contribution in [3.63, 3.8) is 0 Å². The van der Waals surface area contributed by atoms with Crippen LogP contribution in [-0.2, 0) is 0 Å². The van der Waals surface area contributed by atoms with Crippen LogP contribution in [0.2, 0.25) is 0 Å². The maximum absolute atomic E-state index is 9.60. The highest BCUT2D eigenvalue weighted by Crippen LogP contribution is 2.07. The molecule has 0 radical (unpaired) electrons. The Morgan fingerprint density at radius 1 is 0.750 bits per heavy atom. The Morgan fingerprint density at radius 2 is 1.12 bits per heavy atom. The largest absolute Gasteiger partial charge is 0.389 e. The topological polar surface area (TPSA) is 40.5 Å². The summed E-state index contributed by atoms with van der Waals surface area (Å²) in [5.41, 5.74) is 0. The molecule has 0 amide bonds. The smallest absolute Gasteiger partial charge is 0.0721 e. The van der Waals surface area contributed by atoms with E-state index in [1.807, 2.05) is 0 Å². The monoisotopic (exact) mass is 228 g/mol. The van der Waals surface area contributed by atoms with Crippen molar-refractivity contribution in [3.8, 4) is 0 Å². The van der Waals surface area contributed by atoms with Crippen LogP contribution in [0.3, 0.4) is 0 Å². The fourth-order valence-electron chi connectivity index (χ4n) is 1.66. The van der Waals surface area contributed by atoms with Gasteiger partial charge in [0.05, 0.1) is 12.2 Å². The summed E-state index contributed by atoms with van der Waals surface area (Å²) < 4.78 is 0. The number of hydrogen-bond donors (Lipinski definition) is 2. The molecule has 0 unspecified atom stereocenters. The molecule has 2 N–H and O–H groups in total. The van der Waals surface area contributed by atoms with Crippen molar-refractivity contribution in [3.05, 3.63) is 12.2 Å². The zero-order chi connectivity index (χ0) is 12.2. The zero-order valence-electron chi connectivity index (χ0n) is 10.9. The second-order valence-electron chi connectivity index (χ2n) is 4.51. The van der Waals surface area contributed by atoms with Gasteiger partial charge in [0.2, 0.25) is 0 Å². The van der Waals surface area contributed by atoms with E-state index in [-0.39, 0.29) is 12.2 Å². The summed E-state index contributed by atoms with van der Waals surface area (Å²) in [5.74, 6) is 0. The molecule has 0 heterocycles. The van der Waals surface area contributed by atoms with Gasteiger partial charge in [-0.2, -0.15) is 0 Å². The minimum atomic E-state index is -0.382. The molecule has 0 fully saturated rings. The van der Waals surface area contributed by atoms with Gasteiger partial charge < -0.3 is 10.2 Å². The number of hydrogen-bond acceptors (Lipinski definition) is 2. The molecule has 0 aromatic heterocycles.